The second kappa shape index (κ2) is 9.41. The third-order valence-electron chi connectivity index (χ3n) is 7.53. The van der Waals surface area contributed by atoms with Gasteiger partial charge in [0, 0.05) is 30.1 Å². The Bertz CT molecular complexity index is 916. The molecule has 2 aromatic rings. The lowest BCUT2D eigenvalue weighted by atomic mass is 9.63. The molecular formula is C26H39N3O2S. The van der Waals surface area contributed by atoms with Gasteiger partial charge in [-0.3, -0.25) is 0 Å². The van der Waals surface area contributed by atoms with Gasteiger partial charge in [0.2, 0.25) is 0 Å². The number of aliphatic hydroxyl groups is 2. The molecule has 1 aliphatic carbocycles. The Labute approximate surface area is 196 Å². The van der Waals surface area contributed by atoms with Crippen LogP contribution in [0.15, 0.2) is 23.6 Å². The lowest BCUT2D eigenvalue weighted by molar-refractivity contribution is 0.0874. The van der Waals surface area contributed by atoms with Crippen LogP contribution in [0, 0.1) is 0 Å². The average molecular weight is 458 g/mol. The first-order chi connectivity index (χ1) is 15.2. The van der Waals surface area contributed by atoms with Crippen molar-refractivity contribution in [3.63, 3.8) is 0 Å². The molecule has 5 nitrogen and oxygen atoms in total. The normalized spacial score (nSPS) is 21.4. The number of benzene rings is 1. The quantitative estimate of drug-likeness (QED) is 0.573. The molecule has 0 spiro atoms. The smallest absolute Gasteiger partial charge is 0.185 e. The fourth-order valence-electron chi connectivity index (χ4n) is 5.11. The maximum atomic E-state index is 9.49. The maximum absolute atomic E-state index is 9.49. The van der Waals surface area contributed by atoms with Crippen molar-refractivity contribution < 1.29 is 10.2 Å². The fourth-order valence-corrected chi connectivity index (χ4v) is 6.00. The number of anilines is 1. The van der Waals surface area contributed by atoms with Crippen LogP contribution in [0.5, 0.6) is 0 Å². The van der Waals surface area contributed by atoms with Crippen LogP contribution >= 0.6 is 11.3 Å². The van der Waals surface area contributed by atoms with Gasteiger partial charge in [0.15, 0.2) is 5.13 Å². The summed E-state index contributed by atoms with van der Waals surface area (Å²) in [7, 11) is 0. The van der Waals surface area contributed by atoms with Gasteiger partial charge in [-0.2, -0.15) is 0 Å². The highest BCUT2D eigenvalue weighted by atomic mass is 32.1. The van der Waals surface area contributed by atoms with E-state index in [1.165, 1.54) is 29.5 Å². The summed E-state index contributed by atoms with van der Waals surface area (Å²) in [6.45, 7) is 12.1. The number of fused-ring (bicyclic) bond motifs is 1. The number of nitrogens with zero attached hydrogens (tertiary/aromatic N) is 2. The summed E-state index contributed by atoms with van der Waals surface area (Å²) in [5.41, 5.74) is 5.75. The minimum absolute atomic E-state index is 0.161. The van der Waals surface area contributed by atoms with E-state index in [1.807, 2.05) is 0 Å². The molecule has 3 N–H and O–H groups in total. The number of thiazole rings is 1. The summed E-state index contributed by atoms with van der Waals surface area (Å²) in [6, 6.07) is 7.47. The Balaban J connectivity index is 1.41. The molecule has 1 saturated heterocycles. The van der Waals surface area contributed by atoms with Gasteiger partial charge < -0.3 is 20.4 Å². The molecule has 1 aromatic carbocycles. The van der Waals surface area contributed by atoms with Gasteiger partial charge in [-0.05, 0) is 66.7 Å². The molecule has 0 unspecified atom stereocenters. The molecule has 1 aliphatic heterocycles. The molecule has 2 heterocycles. The first kappa shape index (κ1) is 23.7. The fraction of sp³-hybridized carbons (Fsp3) is 0.654. The van der Waals surface area contributed by atoms with Crippen molar-refractivity contribution in [3.8, 4) is 11.3 Å². The molecule has 0 radical (unpaired) electrons. The number of rotatable bonds is 7. The SMILES string of the molecule is CC1(C)CCC(C)(C)c2cc(-c3csc(N4CCC(NCC[C@@H](O)CO)CC4)n3)ccc21. The second-order valence-electron chi connectivity index (χ2n) is 10.9. The molecule has 1 atom stereocenters. The molecule has 2 aliphatic rings. The predicted octanol–water partition coefficient (Wildman–Crippen LogP) is 4.46. The zero-order valence-electron chi connectivity index (χ0n) is 20.0. The topological polar surface area (TPSA) is 68.6 Å². The van der Waals surface area contributed by atoms with Crippen LogP contribution in [0.1, 0.15) is 70.9 Å². The molecule has 1 fully saturated rings. The van der Waals surface area contributed by atoms with Crippen LogP contribution in [0.3, 0.4) is 0 Å². The van der Waals surface area contributed by atoms with Crippen molar-refractivity contribution in [1.29, 1.82) is 0 Å². The minimum atomic E-state index is -0.614. The van der Waals surface area contributed by atoms with E-state index in [1.54, 1.807) is 11.3 Å². The first-order valence-electron chi connectivity index (χ1n) is 12.1. The molecule has 4 rings (SSSR count). The van der Waals surface area contributed by atoms with E-state index in [4.69, 9.17) is 10.1 Å². The van der Waals surface area contributed by atoms with E-state index in [0.717, 1.165) is 43.3 Å². The van der Waals surface area contributed by atoms with Gasteiger partial charge in [-0.1, -0.05) is 39.8 Å². The third kappa shape index (κ3) is 5.04. The number of aliphatic hydroxyl groups excluding tert-OH is 2. The number of hydrogen-bond donors (Lipinski definition) is 3. The van der Waals surface area contributed by atoms with Crippen molar-refractivity contribution in [3.05, 3.63) is 34.7 Å². The molecule has 6 heteroatoms. The Morgan fingerprint density at radius 3 is 2.50 bits per heavy atom. The molecular weight excluding hydrogens is 418 g/mol. The zero-order valence-corrected chi connectivity index (χ0v) is 20.8. The average Bonchev–Trinajstić information content (AvgIpc) is 3.27. The standard InChI is InChI=1S/C26H39N3O2S/c1-25(2)10-11-26(3,4)22-15-18(5-6-21(22)25)23-17-32-24(28-23)29-13-8-19(9-14-29)27-12-7-20(31)16-30/h5-6,15,17,19-20,27,30-31H,7-14,16H2,1-4H3/t20-/m1/s1. The summed E-state index contributed by atoms with van der Waals surface area (Å²) >= 11 is 1.75. The number of nitrogens with one attached hydrogen (secondary N) is 1. The zero-order chi connectivity index (χ0) is 22.9. The molecule has 0 saturated carbocycles. The van der Waals surface area contributed by atoms with Crippen molar-refractivity contribution in [2.45, 2.75) is 82.8 Å². The molecule has 0 bridgehead atoms. The highest BCUT2D eigenvalue weighted by Gasteiger charge is 2.37. The highest BCUT2D eigenvalue weighted by Crippen LogP contribution is 2.47. The van der Waals surface area contributed by atoms with Crippen molar-refractivity contribution in [2.75, 3.05) is 31.1 Å². The van der Waals surface area contributed by atoms with Gasteiger partial charge >= 0.3 is 0 Å². The molecule has 32 heavy (non-hydrogen) atoms. The van der Waals surface area contributed by atoms with Crippen LogP contribution in [0.4, 0.5) is 5.13 Å². The van der Waals surface area contributed by atoms with Crippen molar-refractivity contribution in [1.82, 2.24) is 10.3 Å². The molecule has 0 amide bonds. The van der Waals surface area contributed by atoms with Crippen molar-refractivity contribution in [2.24, 2.45) is 0 Å². The lowest BCUT2D eigenvalue weighted by Gasteiger charge is -2.42. The second-order valence-corrected chi connectivity index (χ2v) is 11.7. The summed E-state index contributed by atoms with van der Waals surface area (Å²) < 4.78 is 0. The Kier molecular flexibility index (Phi) is 6.97. The van der Waals surface area contributed by atoms with E-state index in [9.17, 15) is 5.11 Å². The van der Waals surface area contributed by atoms with Crippen LogP contribution in [0.2, 0.25) is 0 Å². The van der Waals surface area contributed by atoms with E-state index in [2.05, 4.69) is 61.5 Å². The van der Waals surface area contributed by atoms with E-state index in [0.29, 0.717) is 12.5 Å². The molecule has 1 aromatic heterocycles. The monoisotopic (exact) mass is 457 g/mol. The predicted molar refractivity (Wildman–Crippen MR) is 134 cm³/mol. The van der Waals surface area contributed by atoms with E-state index in [-0.39, 0.29) is 17.4 Å². The van der Waals surface area contributed by atoms with Gasteiger partial charge in [0.1, 0.15) is 0 Å². The number of hydrogen-bond acceptors (Lipinski definition) is 6. The number of piperidine rings is 1. The summed E-state index contributed by atoms with van der Waals surface area (Å²) in [5.74, 6) is 0. The van der Waals surface area contributed by atoms with Crippen molar-refractivity contribution >= 4 is 16.5 Å². The summed E-state index contributed by atoms with van der Waals surface area (Å²) in [4.78, 5) is 7.43. The third-order valence-corrected chi connectivity index (χ3v) is 8.43. The summed E-state index contributed by atoms with van der Waals surface area (Å²) in [5, 5.41) is 25.3. The van der Waals surface area contributed by atoms with E-state index < -0.39 is 6.10 Å². The number of aromatic nitrogens is 1. The summed E-state index contributed by atoms with van der Waals surface area (Å²) in [6.07, 6.45) is 4.59. The van der Waals surface area contributed by atoms with Gasteiger partial charge in [0.25, 0.3) is 0 Å². The lowest BCUT2D eigenvalue weighted by Crippen LogP contribution is -2.43. The maximum Gasteiger partial charge on any atom is 0.185 e. The Morgan fingerprint density at radius 1 is 1.12 bits per heavy atom. The Hall–Kier alpha value is -1.47. The highest BCUT2D eigenvalue weighted by molar-refractivity contribution is 7.14. The Morgan fingerprint density at radius 2 is 1.81 bits per heavy atom. The molecule has 176 valence electrons. The van der Waals surface area contributed by atoms with Crippen LogP contribution in [-0.4, -0.2) is 53.6 Å². The largest absolute Gasteiger partial charge is 0.394 e. The van der Waals surface area contributed by atoms with Crippen LogP contribution < -0.4 is 10.2 Å². The van der Waals surface area contributed by atoms with Gasteiger partial charge in [0.05, 0.1) is 18.4 Å². The minimum Gasteiger partial charge on any atom is -0.394 e. The first-order valence-corrected chi connectivity index (χ1v) is 13.0. The van der Waals surface area contributed by atoms with Gasteiger partial charge in [-0.15, -0.1) is 11.3 Å². The van der Waals surface area contributed by atoms with Gasteiger partial charge in [-0.25, -0.2) is 4.98 Å². The van der Waals surface area contributed by atoms with Crippen LogP contribution in [-0.2, 0) is 10.8 Å². The van der Waals surface area contributed by atoms with E-state index >= 15 is 0 Å². The van der Waals surface area contributed by atoms with Crippen LogP contribution in [0.25, 0.3) is 11.3 Å².